The highest BCUT2D eigenvalue weighted by molar-refractivity contribution is 7.89. The van der Waals surface area contributed by atoms with Crippen LogP contribution in [-0.2, 0) is 27.4 Å². The third-order valence-electron chi connectivity index (χ3n) is 2.28. The van der Waals surface area contributed by atoms with E-state index in [2.05, 4.69) is 0 Å². The largest absolute Gasteiger partial charge is 0.417 e. The van der Waals surface area contributed by atoms with E-state index in [4.69, 9.17) is 9.88 Å². The van der Waals surface area contributed by atoms with E-state index in [0.29, 0.717) is 0 Å². The van der Waals surface area contributed by atoms with Crippen LogP contribution in [0.3, 0.4) is 0 Å². The summed E-state index contributed by atoms with van der Waals surface area (Å²) in [5.41, 5.74) is -1.37. The fourth-order valence-corrected chi connectivity index (χ4v) is 2.36. The van der Waals surface area contributed by atoms with Gasteiger partial charge in [-0.2, -0.15) is 13.2 Å². The van der Waals surface area contributed by atoms with Gasteiger partial charge >= 0.3 is 6.18 Å². The van der Waals surface area contributed by atoms with Crippen LogP contribution in [0, 0.1) is 0 Å². The summed E-state index contributed by atoms with van der Waals surface area (Å²) in [5.74, 6) is 0. The molecular weight excluding hydrogens is 271 g/mol. The van der Waals surface area contributed by atoms with Crippen LogP contribution in [0.5, 0.6) is 0 Å². The summed E-state index contributed by atoms with van der Waals surface area (Å²) in [5, 5.41) is 4.79. The summed E-state index contributed by atoms with van der Waals surface area (Å²) in [6.45, 7) is 0.0527. The number of hydrogen-bond donors (Lipinski definition) is 1. The molecule has 0 unspecified atom stereocenters. The molecule has 102 valence electrons. The van der Waals surface area contributed by atoms with E-state index in [-0.39, 0.29) is 18.6 Å². The van der Waals surface area contributed by atoms with Crippen LogP contribution in [0.1, 0.15) is 11.1 Å². The predicted molar refractivity (Wildman–Crippen MR) is 58.4 cm³/mol. The van der Waals surface area contributed by atoms with Gasteiger partial charge in [0.25, 0.3) is 0 Å². The Morgan fingerprint density at radius 2 is 1.94 bits per heavy atom. The van der Waals surface area contributed by atoms with E-state index in [1.807, 2.05) is 0 Å². The zero-order valence-electron chi connectivity index (χ0n) is 9.49. The fraction of sp³-hybridized carbons (Fsp3) is 0.400. The van der Waals surface area contributed by atoms with Crippen molar-refractivity contribution in [2.45, 2.75) is 17.5 Å². The molecule has 1 aromatic carbocycles. The monoisotopic (exact) mass is 283 g/mol. The maximum Gasteiger partial charge on any atom is 0.417 e. The third kappa shape index (κ3) is 3.44. The molecule has 0 saturated heterocycles. The van der Waals surface area contributed by atoms with E-state index in [0.717, 1.165) is 6.07 Å². The van der Waals surface area contributed by atoms with E-state index in [9.17, 15) is 21.6 Å². The van der Waals surface area contributed by atoms with E-state index < -0.39 is 26.7 Å². The van der Waals surface area contributed by atoms with Crippen LogP contribution in [0.2, 0.25) is 0 Å². The summed E-state index contributed by atoms with van der Waals surface area (Å²) in [6.07, 6.45) is -4.83. The van der Waals surface area contributed by atoms with Crippen molar-refractivity contribution in [1.29, 1.82) is 0 Å². The quantitative estimate of drug-likeness (QED) is 0.911. The first-order chi connectivity index (χ1) is 8.18. The average molecular weight is 283 g/mol. The maximum atomic E-state index is 12.9. The molecule has 0 amide bonds. The Kier molecular flexibility index (Phi) is 4.36. The minimum atomic E-state index is -4.79. The standard InChI is InChI=1S/C10H12F3NO3S/c1-17-6-5-7-3-2-4-8(18(14,15)16)9(7)10(11,12)13/h2-4H,5-6H2,1H3,(H2,14,15,16). The van der Waals surface area contributed by atoms with Crippen LogP contribution in [-0.4, -0.2) is 22.1 Å². The van der Waals surface area contributed by atoms with Crippen molar-refractivity contribution in [3.63, 3.8) is 0 Å². The number of methoxy groups -OCH3 is 1. The van der Waals surface area contributed by atoms with Crippen LogP contribution < -0.4 is 5.14 Å². The number of halogens is 3. The Bertz CT molecular complexity index is 526. The van der Waals surface area contributed by atoms with Gasteiger partial charge in [0.05, 0.1) is 17.1 Å². The summed E-state index contributed by atoms with van der Waals surface area (Å²) in [7, 11) is -3.08. The minimum absolute atomic E-state index is 0.0469. The van der Waals surface area contributed by atoms with Gasteiger partial charge in [0.2, 0.25) is 10.0 Å². The second-order valence-electron chi connectivity index (χ2n) is 3.58. The van der Waals surface area contributed by atoms with Gasteiger partial charge in [-0.05, 0) is 18.1 Å². The molecule has 0 heterocycles. The molecule has 0 aromatic heterocycles. The number of nitrogens with two attached hydrogens (primary N) is 1. The number of benzene rings is 1. The molecule has 2 N–H and O–H groups in total. The Morgan fingerprint density at radius 1 is 1.33 bits per heavy atom. The number of ether oxygens (including phenoxy) is 1. The highest BCUT2D eigenvalue weighted by Gasteiger charge is 2.38. The second kappa shape index (κ2) is 5.25. The van der Waals surface area contributed by atoms with Gasteiger partial charge in [0.15, 0.2) is 0 Å². The van der Waals surface area contributed by atoms with Gasteiger partial charge in [-0.1, -0.05) is 12.1 Å². The first-order valence-electron chi connectivity index (χ1n) is 4.88. The second-order valence-corrected chi connectivity index (χ2v) is 5.11. The SMILES string of the molecule is COCCc1cccc(S(N)(=O)=O)c1C(F)(F)F. The van der Waals surface area contributed by atoms with Crippen molar-refractivity contribution >= 4 is 10.0 Å². The molecule has 0 aliphatic rings. The first-order valence-corrected chi connectivity index (χ1v) is 6.43. The van der Waals surface area contributed by atoms with Crippen LogP contribution in [0.15, 0.2) is 23.1 Å². The van der Waals surface area contributed by atoms with Crippen molar-refractivity contribution in [2.24, 2.45) is 5.14 Å². The molecule has 0 aliphatic carbocycles. The van der Waals surface area contributed by atoms with Crippen LogP contribution >= 0.6 is 0 Å². The molecule has 0 radical (unpaired) electrons. The van der Waals surface area contributed by atoms with Crippen molar-refractivity contribution in [2.75, 3.05) is 13.7 Å². The molecule has 0 saturated carbocycles. The number of primary sulfonamides is 1. The number of sulfonamides is 1. The lowest BCUT2D eigenvalue weighted by Crippen LogP contribution is -2.21. The van der Waals surface area contributed by atoms with Crippen molar-refractivity contribution in [3.8, 4) is 0 Å². The van der Waals surface area contributed by atoms with Gasteiger partial charge < -0.3 is 4.74 Å². The number of rotatable bonds is 4. The molecule has 0 spiro atoms. The predicted octanol–water partition coefficient (Wildman–Crippen LogP) is 1.54. The maximum absolute atomic E-state index is 12.9. The molecular formula is C10H12F3NO3S. The average Bonchev–Trinajstić information content (AvgIpc) is 2.23. The van der Waals surface area contributed by atoms with Gasteiger partial charge in [-0.25, -0.2) is 13.6 Å². The Labute approximate surface area is 103 Å². The third-order valence-corrected chi connectivity index (χ3v) is 3.23. The summed E-state index contributed by atoms with van der Waals surface area (Å²) < 4.78 is 65.8. The van der Waals surface area contributed by atoms with Gasteiger partial charge in [-0.3, -0.25) is 0 Å². The fourth-order valence-electron chi connectivity index (χ4n) is 1.56. The zero-order chi connectivity index (χ0) is 14.0. The lowest BCUT2D eigenvalue weighted by Gasteiger charge is -2.16. The molecule has 0 aliphatic heterocycles. The molecule has 4 nitrogen and oxygen atoms in total. The molecule has 0 atom stereocenters. The molecule has 18 heavy (non-hydrogen) atoms. The molecule has 0 bridgehead atoms. The Hall–Kier alpha value is -1.12. The van der Waals surface area contributed by atoms with Crippen molar-refractivity contribution in [3.05, 3.63) is 29.3 Å². The van der Waals surface area contributed by atoms with Gasteiger partial charge in [0, 0.05) is 7.11 Å². The molecule has 1 aromatic rings. The van der Waals surface area contributed by atoms with Crippen molar-refractivity contribution in [1.82, 2.24) is 0 Å². The summed E-state index contributed by atoms with van der Waals surface area (Å²) >= 11 is 0. The normalized spacial score (nSPS) is 12.7. The zero-order valence-corrected chi connectivity index (χ0v) is 10.3. The van der Waals surface area contributed by atoms with Crippen LogP contribution in [0.4, 0.5) is 13.2 Å². The summed E-state index contributed by atoms with van der Waals surface area (Å²) in [6, 6.07) is 3.27. The minimum Gasteiger partial charge on any atom is -0.384 e. The van der Waals surface area contributed by atoms with Crippen molar-refractivity contribution < 1.29 is 26.3 Å². The highest BCUT2D eigenvalue weighted by Crippen LogP contribution is 2.36. The van der Waals surface area contributed by atoms with E-state index in [1.54, 1.807) is 0 Å². The lowest BCUT2D eigenvalue weighted by atomic mass is 10.0. The first kappa shape index (κ1) is 14.9. The van der Waals surface area contributed by atoms with Gasteiger partial charge in [-0.15, -0.1) is 0 Å². The molecule has 1 rings (SSSR count). The summed E-state index contributed by atoms with van der Waals surface area (Å²) in [4.78, 5) is -0.913. The van der Waals surface area contributed by atoms with E-state index in [1.165, 1.54) is 19.2 Å². The van der Waals surface area contributed by atoms with Crippen LogP contribution in [0.25, 0.3) is 0 Å². The smallest absolute Gasteiger partial charge is 0.384 e. The van der Waals surface area contributed by atoms with Gasteiger partial charge in [0.1, 0.15) is 0 Å². The topological polar surface area (TPSA) is 69.4 Å². The highest BCUT2D eigenvalue weighted by atomic mass is 32.2. The van der Waals surface area contributed by atoms with E-state index >= 15 is 0 Å². The lowest BCUT2D eigenvalue weighted by molar-refractivity contribution is -0.140. The number of alkyl halides is 3. The number of hydrogen-bond acceptors (Lipinski definition) is 3. The molecule has 8 heteroatoms. The Balaban J connectivity index is 3.46. The molecule has 0 fully saturated rings. The Morgan fingerprint density at radius 3 is 2.39 bits per heavy atom.